The summed E-state index contributed by atoms with van der Waals surface area (Å²) in [6.45, 7) is 9.19. The number of benzene rings is 2. The summed E-state index contributed by atoms with van der Waals surface area (Å²) in [5.41, 5.74) is 6.01. The molecule has 0 radical (unpaired) electrons. The van der Waals surface area contributed by atoms with Crippen molar-refractivity contribution in [2.75, 3.05) is 65.4 Å². The van der Waals surface area contributed by atoms with Gasteiger partial charge in [0.15, 0.2) is 11.5 Å². The summed E-state index contributed by atoms with van der Waals surface area (Å²) in [7, 11) is 5.59. The smallest absolute Gasteiger partial charge is 0.161 e. The van der Waals surface area contributed by atoms with Crippen LogP contribution in [0.4, 0.5) is 5.69 Å². The van der Waals surface area contributed by atoms with Gasteiger partial charge in [-0.25, -0.2) is 0 Å². The highest BCUT2D eigenvalue weighted by Gasteiger charge is 2.26. The van der Waals surface area contributed by atoms with Crippen molar-refractivity contribution in [3.05, 3.63) is 42.0 Å². The molecule has 2 aliphatic rings. The molecular formula is C27H36N4O2. The first kappa shape index (κ1) is 22.1. The summed E-state index contributed by atoms with van der Waals surface area (Å²) in [5.74, 6) is 1.49. The second-order valence-electron chi connectivity index (χ2n) is 9.48. The summed E-state index contributed by atoms with van der Waals surface area (Å²) in [4.78, 5) is 11.4. The zero-order valence-corrected chi connectivity index (χ0v) is 20.4. The summed E-state index contributed by atoms with van der Waals surface area (Å²) >= 11 is 0. The zero-order valence-electron chi connectivity index (χ0n) is 20.4. The van der Waals surface area contributed by atoms with Gasteiger partial charge < -0.3 is 24.3 Å². The van der Waals surface area contributed by atoms with Gasteiger partial charge >= 0.3 is 0 Å². The number of likely N-dealkylation sites (tertiary alicyclic amines) is 1. The lowest BCUT2D eigenvalue weighted by Gasteiger charge is -2.42. The Kier molecular flexibility index (Phi) is 6.21. The molecule has 0 bridgehead atoms. The molecule has 176 valence electrons. The van der Waals surface area contributed by atoms with E-state index in [2.05, 4.69) is 57.9 Å². The van der Waals surface area contributed by atoms with Crippen molar-refractivity contribution >= 4 is 16.6 Å². The molecule has 1 aromatic heterocycles. The standard InChI is InChI=1S/C27H36N4O2/c1-19-23-18-22(31-15-13-30(14-16-31)21-9-11-29(2)12-10-21)6-7-24(23)28-27(19)20-5-8-25(32-3)26(17-20)33-4/h5-8,17-18,21,28H,9-16H2,1-4H3. The molecular weight excluding hydrogens is 412 g/mol. The number of nitrogens with zero attached hydrogens (tertiary/aromatic N) is 3. The number of piperidine rings is 1. The third-order valence-corrected chi connectivity index (χ3v) is 7.60. The lowest BCUT2D eigenvalue weighted by Crippen LogP contribution is -2.53. The van der Waals surface area contributed by atoms with E-state index < -0.39 is 0 Å². The lowest BCUT2D eigenvalue weighted by molar-refractivity contribution is 0.115. The Bertz CT molecular complexity index is 1110. The van der Waals surface area contributed by atoms with E-state index in [1.807, 2.05) is 12.1 Å². The van der Waals surface area contributed by atoms with E-state index in [-0.39, 0.29) is 0 Å². The molecule has 2 aliphatic heterocycles. The Morgan fingerprint density at radius 1 is 0.848 bits per heavy atom. The number of ether oxygens (including phenoxy) is 2. The molecule has 33 heavy (non-hydrogen) atoms. The molecule has 2 saturated heterocycles. The lowest BCUT2D eigenvalue weighted by atomic mass is 10.0. The first-order chi connectivity index (χ1) is 16.1. The fourth-order valence-electron chi connectivity index (χ4n) is 5.50. The molecule has 2 aromatic carbocycles. The first-order valence-corrected chi connectivity index (χ1v) is 12.1. The van der Waals surface area contributed by atoms with Crippen LogP contribution in [-0.2, 0) is 0 Å². The van der Waals surface area contributed by atoms with Crippen LogP contribution in [-0.4, -0.2) is 81.4 Å². The molecule has 1 N–H and O–H groups in total. The summed E-state index contributed by atoms with van der Waals surface area (Å²) in [6.07, 6.45) is 2.62. The Morgan fingerprint density at radius 2 is 1.58 bits per heavy atom. The van der Waals surface area contributed by atoms with Crippen LogP contribution in [0.2, 0.25) is 0 Å². The van der Waals surface area contributed by atoms with Gasteiger partial charge in [0, 0.05) is 60.1 Å². The number of aromatic amines is 1. The highest BCUT2D eigenvalue weighted by Crippen LogP contribution is 2.36. The highest BCUT2D eigenvalue weighted by atomic mass is 16.5. The van der Waals surface area contributed by atoms with E-state index in [0.29, 0.717) is 0 Å². The molecule has 3 heterocycles. The highest BCUT2D eigenvalue weighted by molar-refractivity contribution is 5.93. The van der Waals surface area contributed by atoms with Crippen LogP contribution in [0.15, 0.2) is 36.4 Å². The van der Waals surface area contributed by atoms with E-state index >= 15 is 0 Å². The number of H-pyrrole nitrogens is 1. The Hall–Kier alpha value is -2.70. The van der Waals surface area contributed by atoms with Crippen molar-refractivity contribution in [1.29, 1.82) is 0 Å². The predicted molar refractivity (Wildman–Crippen MR) is 136 cm³/mol. The molecule has 0 amide bonds. The number of methoxy groups -OCH3 is 2. The van der Waals surface area contributed by atoms with Gasteiger partial charge in [0.2, 0.25) is 0 Å². The van der Waals surface area contributed by atoms with E-state index in [9.17, 15) is 0 Å². The van der Waals surface area contributed by atoms with Gasteiger partial charge in [0.1, 0.15) is 0 Å². The molecule has 5 rings (SSSR count). The molecule has 0 saturated carbocycles. The van der Waals surface area contributed by atoms with Gasteiger partial charge in [-0.1, -0.05) is 0 Å². The van der Waals surface area contributed by atoms with Gasteiger partial charge in [0.05, 0.1) is 14.2 Å². The van der Waals surface area contributed by atoms with E-state index in [0.717, 1.165) is 55.0 Å². The number of fused-ring (bicyclic) bond motifs is 1. The van der Waals surface area contributed by atoms with Gasteiger partial charge in [-0.2, -0.15) is 0 Å². The van der Waals surface area contributed by atoms with E-state index in [1.54, 1.807) is 14.2 Å². The topological polar surface area (TPSA) is 44.0 Å². The molecule has 6 nitrogen and oxygen atoms in total. The molecule has 3 aromatic rings. The first-order valence-electron chi connectivity index (χ1n) is 12.1. The monoisotopic (exact) mass is 448 g/mol. The molecule has 0 atom stereocenters. The predicted octanol–water partition coefficient (Wildman–Crippen LogP) is 4.38. The maximum Gasteiger partial charge on any atom is 0.161 e. The summed E-state index contributed by atoms with van der Waals surface area (Å²) in [6, 6.07) is 13.7. The van der Waals surface area contributed by atoms with Crippen LogP contribution in [0.25, 0.3) is 22.2 Å². The van der Waals surface area contributed by atoms with Gasteiger partial charge in [0.25, 0.3) is 0 Å². The number of nitrogens with one attached hydrogen (secondary N) is 1. The van der Waals surface area contributed by atoms with Crippen LogP contribution in [0.1, 0.15) is 18.4 Å². The quantitative estimate of drug-likeness (QED) is 0.628. The Labute approximate surface area is 197 Å². The van der Waals surface area contributed by atoms with Crippen molar-refractivity contribution in [3.8, 4) is 22.8 Å². The van der Waals surface area contributed by atoms with Gasteiger partial charge in [-0.3, -0.25) is 4.90 Å². The summed E-state index contributed by atoms with van der Waals surface area (Å²) < 4.78 is 10.9. The number of aryl methyl sites for hydroxylation is 1. The second-order valence-corrected chi connectivity index (χ2v) is 9.48. The second kappa shape index (κ2) is 9.27. The SMILES string of the molecule is COc1ccc(-c2[nH]c3ccc(N4CCN(C5CCN(C)CC5)CC4)cc3c2C)cc1OC. The number of piperazine rings is 1. The average Bonchev–Trinajstić information content (AvgIpc) is 3.20. The van der Waals surface area contributed by atoms with Crippen molar-refractivity contribution < 1.29 is 9.47 Å². The maximum absolute atomic E-state index is 5.52. The molecule has 2 fully saturated rings. The minimum absolute atomic E-state index is 0.747. The van der Waals surface area contributed by atoms with Crippen LogP contribution in [0.3, 0.4) is 0 Å². The molecule has 6 heteroatoms. The normalized spacial score (nSPS) is 18.7. The Morgan fingerprint density at radius 3 is 2.27 bits per heavy atom. The van der Waals surface area contributed by atoms with E-state index in [4.69, 9.17) is 9.47 Å². The van der Waals surface area contributed by atoms with Crippen molar-refractivity contribution in [2.24, 2.45) is 0 Å². The number of anilines is 1. The number of aromatic nitrogens is 1. The van der Waals surface area contributed by atoms with Crippen LogP contribution in [0.5, 0.6) is 11.5 Å². The van der Waals surface area contributed by atoms with Crippen molar-refractivity contribution in [2.45, 2.75) is 25.8 Å². The fourth-order valence-corrected chi connectivity index (χ4v) is 5.50. The summed E-state index contributed by atoms with van der Waals surface area (Å²) in [5, 5.41) is 1.29. The van der Waals surface area contributed by atoms with Crippen LogP contribution < -0.4 is 14.4 Å². The average molecular weight is 449 g/mol. The van der Waals surface area contributed by atoms with E-state index in [1.165, 1.54) is 48.1 Å². The minimum atomic E-state index is 0.747. The van der Waals surface area contributed by atoms with Gasteiger partial charge in [-0.05, 0) is 81.9 Å². The van der Waals surface area contributed by atoms with Crippen molar-refractivity contribution in [1.82, 2.24) is 14.8 Å². The third kappa shape index (κ3) is 4.30. The fraction of sp³-hybridized carbons (Fsp3) is 0.481. The van der Waals surface area contributed by atoms with Crippen molar-refractivity contribution in [3.63, 3.8) is 0 Å². The number of hydrogen-bond donors (Lipinski definition) is 1. The minimum Gasteiger partial charge on any atom is -0.493 e. The van der Waals surface area contributed by atoms with Gasteiger partial charge in [-0.15, -0.1) is 0 Å². The number of hydrogen-bond acceptors (Lipinski definition) is 5. The zero-order chi connectivity index (χ0) is 22.9. The Balaban J connectivity index is 1.34. The van der Waals surface area contributed by atoms with Crippen LogP contribution >= 0.6 is 0 Å². The maximum atomic E-state index is 5.52. The largest absolute Gasteiger partial charge is 0.493 e. The molecule has 0 aliphatic carbocycles. The molecule has 0 unspecified atom stereocenters. The number of rotatable bonds is 5. The molecule has 0 spiro atoms. The van der Waals surface area contributed by atoms with Crippen LogP contribution in [0, 0.1) is 6.92 Å². The third-order valence-electron chi connectivity index (χ3n) is 7.60.